The Labute approximate surface area is 94.7 Å². The molecule has 0 aliphatic rings. The van der Waals surface area contributed by atoms with Crippen LogP contribution in [0.25, 0.3) is 0 Å². The fourth-order valence-corrected chi connectivity index (χ4v) is 1.71. The Bertz CT molecular complexity index is 448. The van der Waals surface area contributed by atoms with Crippen LogP contribution in [0.2, 0.25) is 0 Å². The minimum absolute atomic E-state index is 0.113. The van der Waals surface area contributed by atoms with Crippen molar-refractivity contribution in [3.8, 4) is 0 Å². The second-order valence-electron chi connectivity index (χ2n) is 3.60. The molecule has 1 rings (SSSR count). The van der Waals surface area contributed by atoms with E-state index >= 15 is 0 Å². The van der Waals surface area contributed by atoms with Crippen molar-refractivity contribution in [2.24, 2.45) is 5.14 Å². The van der Waals surface area contributed by atoms with Crippen molar-refractivity contribution in [3.63, 3.8) is 0 Å². The van der Waals surface area contributed by atoms with E-state index in [0.29, 0.717) is 0 Å². The smallest absolute Gasteiger partial charge is 0.210 e. The van der Waals surface area contributed by atoms with E-state index in [9.17, 15) is 12.8 Å². The third-order valence-electron chi connectivity index (χ3n) is 2.19. The van der Waals surface area contributed by atoms with E-state index in [4.69, 9.17) is 5.14 Å². The number of primary sulfonamides is 1. The Balaban J connectivity index is 2.50. The third-order valence-corrected chi connectivity index (χ3v) is 2.96. The SMILES string of the molecule is CC(NCCS(N)(=O)=O)c1cccc(F)c1. The van der Waals surface area contributed by atoms with Crippen molar-refractivity contribution in [1.82, 2.24) is 5.32 Å². The molecule has 0 heterocycles. The number of nitrogens with two attached hydrogens (primary N) is 1. The van der Waals surface area contributed by atoms with Crippen LogP contribution in [0.5, 0.6) is 0 Å². The fraction of sp³-hybridized carbons (Fsp3) is 0.400. The topological polar surface area (TPSA) is 72.2 Å². The number of benzene rings is 1. The molecule has 4 nitrogen and oxygen atoms in total. The molecule has 0 spiro atoms. The van der Waals surface area contributed by atoms with Gasteiger partial charge in [-0.05, 0) is 24.6 Å². The van der Waals surface area contributed by atoms with Crippen LogP contribution in [0, 0.1) is 5.82 Å². The van der Waals surface area contributed by atoms with Gasteiger partial charge in [0.05, 0.1) is 5.75 Å². The van der Waals surface area contributed by atoms with Gasteiger partial charge in [-0.3, -0.25) is 0 Å². The summed E-state index contributed by atoms with van der Waals surface area (Å²) in [6.45, 7) is 2.08. The molecule has 1 atom stereocenters. The summed E-state index contributed by atoms with van der Waals surface area (Å²) in [5.74, 6) is -0.440. The van der Waals surface area contributed by atoms with Gasteiger partial charge in [0, 0.05) is 12.6 Å². The predicted octanol–water partition coefficient (Wildman–Crippen LogP) is 0.765. The zero-order chi connectivity index (χ0) is 12.2. The van der Waals surface area contributed by atoms with Gasteiger partial charge in [-0.2, -0.15) is 0 Å². The van der Waals surface area contributed by atoms with Gasteiger partial charge >= 0.3 is 0 Å². The maximum atomic E-state index is 12.9. The minimum Gasteiger partial charge on any atom is -0.309 e. The molecule has 0 aromatic heterocycles. The van der Waals surface area contributed by atoms with Crippen molar-refractivity contribution in [2.45, 2.75) is 13.0 Å². The van der Waals surface area contributed by atoms with Crippen molar-refractivity contribution >= 4 is 10.0 Å². The molecule has 0 aliphatic carbocycles. The lowest BCUT2D eigenvalue weighted by atomic mass is 10.1. The summed E-state index contributed by atoms with van der Waals surface area (Å²) >= 11 is 0. The van der Waals surface area contributed by atoms with Gasteiger partial charge in [0.2, 0.25) is 10.0 Å². The first-order valence-corrected chi connectivity index (χ1v) is 6.59. The summed E-state index contributed by atoms with van der Waals surface area (Å²) < 4.78 is 34.3. The van der Waals surface area contributed by atoms with E-state index in [1.807, 2.05) is 6.92 Å². The van der Waals surface area contributed by atoms with Crippen molar-refractivity contribution < 1.29 is 12.8 Å². The summed E-state index contributed by atoms with van der Waals surface area (Å²) in [6.07, 6.45) is 0. The normalized spacial score (nSPS) is 13.7. The van der Waals surface area contributed by atoms with Gasteiger partial charge in [0.1, 0.15) is 5.82 Å². The summed E-state index contributed by atoms with van der Waals surface area (Å²) in [7, 11) is -3.45. The number of sulfonamides is 1. The second kappa shape index (κ2) is 5.38. The van der Waals surface area contributed by atoms with Crippen LogP contribution in [0.3, 0.4) is 0 Å². The first kappa shape index (κ1) is 13.1. The molecule has 0 saturated heterocycles. The third kappa shape index (κ3) is 4.69. The molecule has 1 unspecified atom stereocenters. The lowest BCUT2D eigenvalue weighted by Gasteiger charge is -2.13. The molecule has 0 fully saturated rings. The van der Waals surface area contributed by atoms with Crippen molar-refractivity contribution in [3.05, 3.63) is 35.6 Å². The quantitative estimate of drug-likeness (QED) is 0.806. The highest BCUT2D eigenvalue weighted by Crippen LogP contribution is 2.12. The number of hydrogen-bond acceptors (Lipinski definition) is 3. The van der Waals surface area contributed by atoms with Gasteiger partial charge in [0.25, 0.3) is 0 Å². The molecule has 3 N–H and O–H groups in total. The van der Waals surface area contributed by atoms with Crippen LogP contribution in [-0.2, 0) is 10.0 Å². The van der Waals surface area contributed by atoms with E-state index in [2.05, 4.69) is 5.32 Å². The molecule has 0 saturated carbocycles. The van der Waals surface area contributed by atoms with E-state index in [-0.39, 0.29) is 24.2 Å². The molecule has 0 bridgehead atoms. The average Bonchev–Trinajstić information content (AvgIpc) is 2.15. The lowest BCUT2D eigenvalue weighted by molar-refractivity contribution is 0.567. The Morgan fingerprint density at radius 1 is 1.50 bits per heavy atom. The maximum absolute atomic E-state index is 12.9. The lowest BCUT2D eigenvalue weighted by Crippen LogP contribution is -2.28. The summed E-state index contributed by atoms with van der Waals surface area (Å²) in [4.78, 5) is 0. The van der Waals surface area contributed by atoms with Crippen molar-refractivity contribution in [1.29, 1.82) is 0 Å². The number of rotatable bonds is 5. The van der Waals surface area contributed by atoms with Gasteiger partial charge < -0.3 is 5.32 Å². The van der Waals surface area contributed by atoms with Gasteiger partial charge in [-0.1, -0.05) is 12.1 Å². The highest BCUT2D eigenvalue weighted by atomic mass is 32.2. The zero-order valence-corrected chi connectivity index (χ0v) is 9.80. The molecule has 16 heavy (non-hydrogen) atoms. The Morgan fingerprint density at radius 2 is 2.19 bits per heavy atom. The molecule has 1 aromatic carbocycles. The summed E-state index contributed by atoms with van der Waals surface area (Å²) in [5, 5.41) is 7.81. The minimum atomic E-state index is -3.45. The Morgan fingerprint density at radius 3 is 2.75 bits per heavy atom. The van der Waals surface area contributed by atoms with E-state index in [1.165, 1.54) is 12.1 Å². The first-order chi connectivity index (χ1) is 7.38. The van der Waals surface area contributed by atoms with Gasteiger partial charge in [-0.15, -0.1) is 0 Å². The van der Waals surface area contributed by atoms with Crippen LogP contribution in [0.1, 0.15) is 18.5 Å². The predicted molar refractivity (Wildman–Crippen MR) is 60.8 cm³/mol. The zero-order valence-electron chi connectivity index (χ0n) is 8.98. The molecular formula is C10H15FN2O2S. The maximum Gasteiger partial charge on any atom is 0.210 e. The first-order valence-electron chi connectivity index (χ1n) is 4.88. The largest absolute Gasteiger partial charge is 0.309 e. The summed E-state index contributed by atoms with van der Waals surface area (Å²) in [5.41, 5.74) is 0.773. The van der Waals surface area contributed by atoms with Crippen LogP contribution in [0.15, 0.2) is 24.3 Å². The second-order valence-corrected chi connectivity index (χ2v) is 5.33. The van der Waals surface area contributed by atoms with E-state index in [0.717, 1.165) is 5.56 Å². The molecule has 1 aromatic rings. The van der Waals surface area contributed by atoms with E-state index in [1.54, 1.807) is 12.1 Å². The fourth-order valence-electron chi connectivity index (χ4n) is 1.31. The average molecular weight is 246 g/mol. The molecule has 6 heteroatoms. The molecule has 90 valence electrons. The van der Waals surface area contributed by atoms with Crippen LogP contribution in [-0.4, -0.2) is 20.7 Å². The number of hydrogen-bond donors (Lipinski definition) is 2. The Hall–Kier alpha value is -0.980. The summed E-state index contributed by atoms with van der Waals surface area (Å²) in [6, 6.07) is 6.05. The number of halogens is 1. The number of nitrogens with one attached hydrogen (secondary N) is 1. The van der Waals surface area contributed by atoms with E-state index < -0.39 is 10.0 Å². The monoisotopic (exact) mass is 246 g/mol. The molecular weight excluding hydrogens is 231 g/mol. The highest BCUT2D eigenvalue weighted by Gasteiger charge is 2.07. The highest BCUT2D eigenvalue weighted by molar-refractivity contribution is 7.89. The Kier molecular flexibility index (Phi) is 4.40. The van der Waals surface area contributed by atoms with Gasteiger partial charge in [-0.25, -0.2) is 17.9 Å². The van der Waals surface area contributed by atoms with Gasteiger partial charge in [0.15, 0.2) is 0 Å². The molecule has 0 amide bonds. The molecule has 0 aliphatic heterocycles. The van der Waals surface area contributed by atoms with Crippen LogP contribution in [0.4, 0.5) is 4.39 Å². The van der Waals surface area contributed by atoms with Crippen LogP contribution >= 0.6 is 0 Å². The standard InChI is InChI=1S/C10H15FN2O2S/c1-8(13-5-6-16(12,14)15)9-3-2-4-10(11)7-9/h2-4,7-8,13H,5-6H2,1H3,(H2,12,14,15). The van der Waals surface area contributed by atoms with Crippen molar-refractivity contribution in [2.75, 3.05) is 12.3 Å². The molecule has 0 radical (unpaired) electrons. The van der Waals surface area contributed by atoms with Crippen LogP contribution < -0.4 is 10.5 Å².